The molecule has 1 atom stereocenters. The Morgan fingerprint density at radius 2 is 2.08 bits per heavy atom. The van der Waals surface area contributed by atoms with Gasteiger partial charge in [0.2, 0.25) is 0 Å². The molecule has 2 rings (SSSR count). The molecule has 0 aliphatic carbocycles. The van der Waals surface area contributed by atoms with Gasteiger partial charge in [0.15, 0.2) is 5.69 Å². The molecule has 2 heterocycles. The topological polar surface area (TPSA) is 86.1 Å². The quantitative estimate of drug-likeness (QED) is 0.692. The van der Waals surface area contributed by atoms with E-state index in [9.17, 15) is 9.90 Å². The van der Waals surface area contributed by atoms with Gasteiger partial charge in [-0.3, -0.25) is 9.48 Å². The number of unbranched alkanes of at least 4 members (excludes halogenated alkanes) is 2. The molecular weight excluding hydrogens is 304 g/mol. The Labute approximate surface area is 143 Å². The monoisotopic (exact) mass is 332 g/mol. The van der Waals surface area contributed by atoms with Crippen LogP contribution >= 0.6 is 0 Å². The summed E-state index contributed by atoms with van der Waals surface area (Å²) in [5, 5.41) is 13.8. The number of carbonyl (C=O) groups is 1. The van der Waals surface area contributed by atoms with Crippen molar-refractivity contribution in [3.8, 4) is 11.4 Å². The summed E-state index contributed by atoms with van der Waals surface area (Å²) in [5.74, 6) is -0.356. The van der Waals surface area contributed by atoms with E-state index in [0.29, 0.717) is 5.69 Å². The van der Waals surface area contributed by atoms with Gasteiger partial charge in [0.1, 0.15) is 0 Å². The van der Waals surface area contributed by atoms with Crippen LogP contribution in [0.25, 0.3) is 11.4 Å². The van der Waals surface area contributed by atoms with Crippen molar-refractivity contribution in [3.63, 3.8) is 0 Å². The fourth-order valence-corrected chi connectivity index (χ4v) is 2.83. The zero-order valence-corrected chi connectivity index (χ0v) is 14.8. The second kappa shape index (κ2) is 8.15. The predicted octanol–water partition coefficient (Wildman–Crippen LogP) is 2.58. The molecular formula is C18H28N4O2. The predicted molar refractivity (Wildman–Crippen MR) is 94.7 cm³/mol. The Bertz CT molecular complexity index is 687. The fourth-order valence-electron chi connectivity index (χ4n) is 2.83. The molecule has 1 amide bonds. The van der Waals surface area contributed by atoms with Gasteiger partial charge in [-0.15, -0.1) is 0 Å². The largest absolute Gasteiger partial charge is 0.396 e. The van der Waals surface area contributed by atoms with Crippen molar-refractivity contribution in [3.05, 3.63) is 29.6 Å². The molecule has 0 fully saturated rings. The summed E-state index contributed by atoms with van der Waals surface area (Å²) in [7, 11) is 0. The highest BCUT2D eigenvalue weighted by Gasteiger charge is 2.18. The second-order valence-electron chi connectivity index (χ2n) is 6.47. The standard InChI is InChI=1S/C18H28N4O2/c1-4-5-6-9-22-17(10-15(20-22)18(19)24)16-8-7-14(3)21(16)11-13(2)12-23/h7-8,10,13,23H,4-6,9,11-12H2,1-3H3,(H2,19,24). The maximum Gasteiger partial charge on any atom is 0.269 e. The number of rotatable bonds is 9. The number of aliphatic hydroxyl groups is 1. The van der Waals surface area contributed by atoms with Crippen LogP contribution in [0.15, 0.2) is 18.2 Å². The van der Waals surface area contributed by atoms with E-state index in [0.717, 1.165) is 49.4 Å². The number of hydrogen-bond acceptors (Lipinski definition) is 3. The number of primary amides is 1. The number of hydrogen-bond donors (Lipinski definition) is 2. The number of aliphatic hydroxyl groups excluding tert-OH is 1. The Morgan fingerprint density at radius 3 is 2.71 bits per heavy atom. The van der Waals surface area contributed by atoms with Crippen LogP contribution in [0.3, 0.4) is 0 Å². The molecule has 3 N–H and O–H groups in total. The Balaban J connectivity index is 2.41. The van der Waals surface area contributed by atoms with E-state index in [2.05, 4.69) is 16.6 Å². The first-order chi connectivity index (χ1) is 11.5. The highest BCUT2D eigenvalue weighted by molar-refractivity contribution is 5.91. The van der Waals surface area contributed by atoms with Crippen LogP contribution in [0.2, 0.25) is 0 Å². The highest BCUT2D eigenvalue weighted by atomic mass is 16.3. The molecule has 132 valence electrons. The van der Waals surface area contributed by atoms with Crippen molar-refractivity contribution < 1.29 is 9.90 Å². The first-order valence-electron chi connectivity index (χ1n) is 8.62. The van der Waals surface area contributed by atoms with E-state index in [-0.39, 0.29) is 12.5 Å². The molecule has 0 aromatic carbocycles. The van der Waals surface area contributed by atoms with Crippen LogP contribution < -0.4 is 5.73 Å². The van der Waals surface area contributed by atoms with Crippen molar-refractivity contribution in [1.82, 2.24) is 14.3 Å². The van der Waals surface area contributed by atoms with Gasteiger partial charge < -0.3 is 15.4 Å². The molecule has 24 heavy (non-hydrogen) atoms. The SMILES string of the molecule is CCCCCn1nc(C(N)=O)cc1-c1ccc(C)n1CC(C)CO. The minimum atomic E-state index is -0.510. The van der Waals surface area contributed by atoms with E-state index in [1.54, 1.807) is 6.07 Å². The highest BCUT2D eigenvalue weighted by Crippen LogP contribution is 2.25. The van der Waals surface area contributed by atoms with E-state index >= 15 is 0 Å². The number of amides is 1. The normalized spacial score (nSPS) is 12.5. The maximum atomic E-state index is 11.5. The van der Waals surface area contributed by atoms with E-state index in [1.165, 1.54) is 0 Å². The first-order valence-corrected chi connectivity index (χ1v) is 8.62. The number of nitrogens with zero attached hydrogens (tertiary/aromatic N) is 3. The maximum absolute atomic E-state index is 11.5. The van der Waals surface area contributed by atoms with Crippen molar-refractivity contribution in [2.75, 3.05) is 6.61 Å². The summed E-state index contributed by atoms with van der Waals surface area (Å²) in [4.78, 5) is 11.5. The summed E-state index contributed by atoms with van der Waals surface area (Å²) in [6, 6.07) is 5.85. The summed E-state index contributed by atoms with van der Waals surface area (Å²) < 4.78 is 4.05. The smallest absolute Gasteiger partial charge is 0.269 e. The van der Waals surface area contributed by atoms with Gasteiger partial charge in [-0.05, 0) is 37.5 Å². The van der Waals surface area contributed by atoms with Gasteiger partial charge in [0, 0.05) is 25.4 Å². The summed E-state index contributed by atoms with van der Waals surface area (Å²) in [5.41, 5.74) is 8.74. The van der Waals surface area contributed by atoms with Gasteiger partial charge in [0.25, 0.3) is 5.91 Å². The molecule has 2 aromatic rings. The van der Waals surface area contributed by atoms with Gasteiger partial charge >= 0.3 is 0 Å². The molecule has 1 unspecified atom stereocenters. The van der Waals surface area contributed by atoms with Crippen molar-refractivity contribution in [2.45, 2.75) is 53.1 Å². The van der Waals surface area contributed by atoms with Crippen LogP contribution in [0.5, 0.6) is 0 Å². The molecule has 0 saturated carbocycles. The molecule has 2 aromatic heterocycles. The van der Waals surface area contributed by atoms with Gasteiger partial charge in [-0.2, -0.15) is 5.10 Å². The van der Waals surface area contributed by atoms with Crippen LogP contribution in [0.1, 0.15) is 49.3 Å². The second-order valence-corrected chi connectivity index (χ2v) is 6.47. The molecule has 0 bridgehead atoms. The van der Waals surface area contributed by atoms with Gasteiger partial charge in [0.05, 0.1) is 11.4 Å². The lowest BCUT2D eigenvalue weighted by atomic mass is 10.2. The third kappa shape index (κ3) is 4.06. The molecule has 6 nitrogen and oxygen atoms in total. The van der Waals surface area contributed by atoms with Gasteiger partial charge in [-0.25, -0.2) is 0 Å². The average molecular weight is 332 g/mol. The zero-order valence-electron chi connectivity index (χ0n) is 14.8. The van der Waals surface area contributed by atoms with E-state index in [1.807, 2.05) is 30.7 Å². The summed E-state index contributed by atoms with van der Waals surface area (Å²) in [6.07, 6.45) is 3.26. The minimum Gasteiger partial charge on any atom is -0.396 e. The molecule has 0 aliphatic heterocycles. The third-order valence-corrected chi connectivity index (χ3v) is 4.27. The number of nitrogens with two attached hydrogens (primary N) is 1. The number of carbonyl (C=O) groups excluding carboxylic acids is 1. The van der Waals surface area contributed by atoms with E-state index in [4.69, 9.17) is 5.73 Å². The Morgan fingerprint density at radius 1 is 1.33 bits per heavy atom. The molecule has 6 heteroatoms. The lowest BCUT2D eigenvalue weighted by Gasteiger charge is -2.16. The molecule has 0 spiro atoms. The Kier molecular flexibility index (Phi) is 6.20. The van der Waals surface area contributed by atoms with Crippen molar-refractivity contribution in [1.29, 1.82) is 0 Å². The van der Waals surface area contributed by atoms with E-state index < -0.39 is 5.91 Å². The lowest BCUT2D eigenvalue weighted by Crippen LogP contribution is -2.14. The third-order valence-electron chi connectivity index (χ3n) is 4.27. The summed E-state index contributed by atoms with van der Waals surface area (Å²) >= 11 is 0. The molecule has 0 aliphatic rings. The van der Waals surface area contributed by atoms with Crippen LogP contribution in [-0.2, 0) is 13.1 Å². The van der Waals surface area contributed by atoms with Gasteiger partial charge in [-0.1, -0.05) is 26.7 Å². The average Bonchev–Trinajstić information content (AvgIpc) is 3.12. The van der Waals surface area contributed by atoms with Crippen LogP contribution in [-0.4, -0.2) is 32.0 Å². The molecule has 0 saturated heterocycles. The van der Waals surface area contributed by atoms with Crippen molar-refractivity contribution >= 4 is 5.91 Å². The Hall–Kier alpha value is -2.08. The van der Waals surface area contributed by atoms with Crippen LogP contribution in [0, 0.1) is 12.8 Å². The van der Waals surface area contributed by atoms with Crippen molar-refractivity contribution in [2.24, 2.45) is 11.7 Å². The first kappa shape index (κ1) is 18.3. The number of aromatic nitrogens is 3. The zero-order chi connectivity index (χ0) is 17.7. The fraction of sp³-hybridized carbons (Fsp3) is 0.556. The minimum absolute atomic E-state index is 0.138. The number of aryl methyl sites for hydroxylation is 2. The summed E-state index contributed by atoms with van der Waals surface area (Å²) in [6.45, 7) is 7.83. The van der Waals surface area contributed by atoms with Crippen LogP contribution in [0.4, 0.5) is 0 Å². The lowest BCUT2D eigenvalue weighted by molar-refractivity contribution is 0.0994. The molecule has 0 radical (unpaired) electrons.